The minimum absolute atomic E-state index is 0.0877. The zero-order chi connectivity index (χ0) is 23.9. The number of nitrogens with one attached hydrogen (secondary N) is 1. The van der Waals surface area contributed by atoms with Gasteiger partial charge in [-0.2, -0.15) is 0 Å². The summed E-state index contributed by atoms with van der Waals surface area (Å²) in [5.74, 6) is -0.527. The third kappa shape index (κ3) is 5.12. The fourth-order valence-electron chi connectivity index (χ4n) is 4.34. The van der Waals surface area contributed by atoms with Gasteiger partial charge in [-0.05, 0) is 46.7 Å². The van der Waals surface area contributed by atoms with Gasteiger partial charge in [0, 0.05) is 5.92 Å². The first-order chi connectivity index (χ1) is 16.6. The number of alkyl carbamates (subject to hydrolysis) is 1. The van der Waals surface area contributed by atoms with E-state index in [1.54, 1.807) is 6.08 Å². The van der Waals surface area contributed by atoms with Crippen LogP contribution in [0.2, 0.25) is 0 Å². The van der Waals surface area contributed by atoms with Crippen LogP contribution in [0.1, 0.15) is 29.0 Å². The molecule has 0 radical (unpaired) electrons. The molecular weight excluding hydrogens is 430 g/mol. The van der Waals surface area contributed by atoms with Gasteiger partial charge in [0.15, 0.2) is 0 Å². The van der Waals surface area contributed by atoms with Crippen LogP contribution in [-0.4, -0.2) is 36.4 Å². The smallest absolute Gasteiger partial charge is 0.407 e. The number of carboxylic acid groups (broad SMARTS) is 1. The molecule has 4 rings (SSSR count). The molecule has 0 aliphatic heterocycles. The van der Waals surface area contributed by atoms with Gasteiger partial charge < -0.3 is 19.9 Å². The standard InChI is InChI=1S/C28H27NO5/c1-2-17-33-26-14-8-3-9-19(26)15-16-25(27(30)31)29-28(32)34-18-24-22-12-6-4-10-20(22)21-11-5-7-13-23(21)24/h2-14,24-25H,1,15-18H2,(H,29,32)(H,30,31). The Hall–Kier alpha value is -4.06. The van der Waals surface area contributed by atoms with Crippen molar-refractivity contribution in [1.82, 2.24) is 5.32 Å². The Balaban J connectivity index is 1.37. The highest BCUT2D eigenvalue weighted by molar-refractivity contribution is 5.81. The molecule has 0 fully saturated rings. The number of carbonyl (C=O) groups excluding carboxylic acids is 1. The van der Waals surface area contributed by atoms with Crippen LogP contribution in [0.3, 0.4) is 0 Å². The molecule has 0 bridgehead atoms. The second-order valence-electron chi connectivity index (χ2n) is 8.11. The average molecular weight is 458 g/mol. The fraction of sp³-hybridized carbons (Fsp3) is 0.214. The Morgan fingerprint density at radius 3 is 2.24 bits per heavy atom. The van der Waals surface area contributed by atoms with Crippen LogP contribution in [0, 0.1) is 0 Å². The monoisotopic (exact) mass is 457 g/mol. The van der Waals surface area contributed by atoms with E-state index in [1.165, 1.54) is 0 Å². The van der Waals surface area contributed by atoms with Gasteiger partial charge in [0.25, 0.3) is 0 Å². The first-order valence-electron chi connectivity index (χ1n) is 11.2. The lowest BCUT2D eigenvalue weighted by molar-refractivity contribution is -0.139. The van der Waals surface area contributed by atoms with Crippen LogP contribution >= 0.6 is 0 Å². The third-order valence-corrected chi connectivity index (χ3v) is 5.97. The van der Waals surface area contributed by atoms with Gasteiger partial charge in [-0.1, -0.05) is 79.4 Å². The number of carboxylic acids is 1. The van der Waals surface area contributed by atoms with Crippen molar-refractivity contribution in [2.45, 2.75) is 24.8 Å². The van der Waals surface area contributed by atoms with Crippen molar-refractivity contribution >= 4 is 12.1 Å². The van der Waals surface area contributed by atoms with E-state index in [4.69, 9.17) is 9.47 Å². The summed E-state index contributed by atoms with van der Waals surface area (Å²) in [6.07, 6.45) is 1.53. The summed E-state index contributed by atoms with van der Waals surface area (Å²) in [6, 6.07) is 22.4. The number of aryl methyl sites for hydroxylation is 1. The van der Waals surface area contributed by atoms with Crippen molar-refractivity contribution in [1.29, 1.82) is 0 Å². The van der Waals surface area contributed by atoms with Gasteiger partial charge in [-0.15, -0.1) is 0 Å². The molecule has 0 saturated heterocycles. The molecule has 0 spiro atoms. The first-order valence-corrected chi connectivity index (χ1v) is 11.2. The quantitative estimate of drug-likeness (QED) is 0.410. The topological polar surface area (TPSA) is 84.9 Å². The molecule has 1 amide bonds. The molecule has 34 heavy (non-hydrogen) atoms. The number of fused-ring (bicyclic) bond motifs is 3. The van der Waals surface area contributed by atoms with E-state index in [0.29, 0.717) is 18.8 Å². The van der Waals surface area contributed by atoms with Crippen LogP contribution in [0.25, 0.3) is 11.1 Å². The van der Waals surface area contributed by atoms with Crippen molar-refractivity contribution in [3.05, 3.63) is 102 Å². The number of amides is 1. The molecule has 1 aliphatic rings. The molecule has 1 aliphatic carbocycles. The Kier molecular flexibility index (Phi) is 7.28. The maximum absolute atomic E-state index is 12.5. The highest BCUT2D eigenvalue weighted by Gasteiger charge is 2.29. The molecule has 0 saturated carbocycles. The number of hydrogen-bond donors (Lipinski definition) is 2. The predicted molar refractivity (Wildman–Crippen MR) is 130 cm³/mol. The van der Waals surface area contributed by atoms with E-state index in [1.807, 2.05) is 60.7 Å². The zero-order valence-electron chi connectivity index (χ0n) is 18.8. The lowest BCUT2D eigenvalue weighted by Crippen LogP contribution is -2.41. The maximum Gasteiger partial charge on any atom is 0.407 e. The number of aliphatic carboxylic acids is 1. The maximum atomic E-state index is 12.5. The third-order valence-electron chi connectivity index (χ3n) is 5.97. The number of rotatable bonds is 10. The molecule has 6 heteroatoms. The summed E-state index contributed by atoms with van der Waals surface area (Å²) in [4.78, 5) is 24.3. The fourth-order valence-corrected chi connectivity index (χ4v) is 4.34. The summed E-state index contributed by atoms with van der Waals surface area (Å²) < 4.78 is 11.1. The van der Waals surface area contributed by atoms with Crippen LogP contribution < -0.4 is 10.1 Å². The number of hydrogen-bond acceptors (Lipinski definition) is 4. The summed E-state index contributed by atoms with van der Waals surface area (Å²) >= 11 is 0. The van der Waals surface area contributed by atoms with E-state index in [0.717, 1.165) is 27.8 Å². The lowest BCUT2D eigenvalue weighted by Gasteiger charge is -2.18. The van der Waals surface area contributed by atoms with Crippen LogP contribution in [-0.2, 0) is 16.0 Å². The van der Waals surface area contributed by atoms with E-state index in [2.05, 4.69) is 24.0 Å². The summed E-state index contributed by atoms with van der Waals surface area (Å²) in [5.41, 5.74) is 5.33. The molecule has 1 unspecified atom stereocenters. The van der Waals surface area contributed by atoms with Gasteiger partial charge in [0.1, 0.15) is 25.0 Å². The first kappa shape index (κ1) is 23.1. The van der Waals surface area contributed by atoms with Crippen molar-refractivity contribution in [3.8, 4) is 16.9 Å². The highest BCUT2D eigenvalue weighted by atomic mass is 16.5. The predicted octanol–water partition coefficient (Wildman–Crippen LogP) is 5.18. The van der Waals surface area contributed by atoms with Gasteiger partial charge in [0.05, 0.1) is 0 Å². The Bertz CT molecular complexity index is 1140. The van der Waals surface area contributed by atoms with Gasteiger partial charge in [-0.3, -0.25) is 0 Å². The number of benzene rings is 3. The van der Waals surface area contributed by atoms with Crippen LogP contribution in [0.5, 0.6) is 5.75 Å². The van der Waals surface area contributed by atoms with E-state index < -0.39 is 18.1 Å². The van der Waals surface area contributed by atoms with Crippen LogP contribution in [0.15, 0.2) is 85.5 Å². The highest BCUT2D eigenvalue weighted by Crippen LogP contribution is 2.44. The minimum Gasteiger partial charge on any atom is -0.489 e. The van der Waals surface area contributed by atoms with Gasteiger partial charge >= 0.3 is 12.1 Å². The molecule has 1 atom stereocenters. The summed E-state index contributed by atoms with van der Waals surface area (Å²) in [6.45, 7) is 4.13. The molecule has 2 N–H and O–H groups in total. The number of para-hydroxylation sites is 1. The summed E-state index contributed by atoms with van der Waals surface area (Å²) in [7, 11) is 0. The molecular formula is C28H27NO5. The largest absolute Gasteiger partial charge is 0.489 e. The molecule has 174 valence electrons. The number of ether oxygens (including phenoxy) is 2. The zero-order valence-corrected chi connectivity index (χ0v) is 18.8. The van der Waals surface area contributed by atoms with Gasteiger partial charge in [-0.25, -0.2) is 9.59 Å². The van der Waals surface area contributed by atoms with Crippen molar-refractivity contribution < 1.29 is 24.2 Å². The second-order valence-corrected chi connectivity index (χ2v) is 8.11. The molecule has 6 nitrogen and oxygen atoms in total. The normalized spacial score (nSPS) is 12.8. The average Bonchev–Trinajstić information content (AvgIpc) is 3.18. The molecule has 3 aromatic rings. The Labute approximate surface area is 198 Å². The van der Waals surface area contributed by atoms with E-state index in [-0.39, 0.29) is 18.9 Å². The van der Waals surface area contributed by atoms with Gasteiger partial charge in [0.2, 0.25) is 0 Å². The van der Waals surface area contributed by atoms with Crippen molar-refractivity contribution in [2.75, 3.05) is 13.2 Å². The SMILES string of the molecule is C=CCOc1ccccc1CCC(NC(=O)OCC1c2ccccc2-c2ccccc21)C(=O)O. The second kappa shape index (κ2) is 10.7. The van der Waals surface area contributed by atoms with Crippen LogP contribution in [0.4, 0.5) is 4.79 Å². The van der Waals surface area contributed by atoms with E-state index in [9.17, 15) is 14.7 Å². The minimum atomic E-state index is -1.11. The Morgan fingerprint density at radius 2 is 1.59 bits per heavy atom. The molecule has 0 heterocycles. The number of carbonyl (C=O) groups is 2. The lowest BCUT2D eigenvalue weighted by atomic mass is 9.98. The molecule has 3 aromatic carbocycles. The summed E-state index contributed by atoms with van der Waals surface area (Å²) in [5, 5.41) is 12.1. The molecule has 0 aromatic heterocycles. The van der Waals surface area contributed by atoms with E-state index >= 15 is 0 Å². The van der Waals surface area contributed by atoms with Crippen molar-refractivity contribution in [3.63, 3.8) is 0 Å². The van der Waals surface area contributed by atoms with Crippen molar-refractivity contribution in [2.24, 2.45) is 0 Å². The Morgan fingerprint density at radius 1 is 0.971 bits per heavy atom.